The predicted molar refractivity (Wildman–Crippen MR) is 117 cm³/mol. The van der Waals surface area contributed by atoms with Crippen LogP contribution < -0.4 is 10.7 Å². The molecule has 7 nitrogen and oxygen atoms in total. The van der Waals surface area contributed by atoms with Gasteiger partial charge in [-0.25, -0.2) is 5.43 Å². The van der Waals surface area contributed by atoms with Crippen molar-refractivity contribution >= 4 is 39.1 Å². The number of nitrogens with one attached hydrogen (secondary N) is 2. The Balaban J connectivity index is 1.56. The number of benzene rings is 1. The molecule has 0 fully saturated rings. The van der Waals surface area contributed by atoms with Crippen LogP contribution in [0.4, 0.5) is 5.69 Å². The highest BCUT2D eigenvalue weighted by Gasteiger charge is 2.28. The monoisotopic (exact) mass is 466 g/mol. The number of halogens is 1. The summed E-state index contributed by atoms with van der Waals surface area (Å²) in [4.78, 5) is 29.0. The quantitative estimate of drug-likeness (QED) is 0.554. The molecule has 30 heavy (non-hydrogen) atoms. The molecule has 2 N–H and O–H groups in total. The Bertz CT molecular complexity index is 1120. The van der Waals surface area contributed by atoms with Crippen molar-refractivity contribution in [3.63, 3.8) is 0 Å². The zero-order valence-electron chi connectivity index (χ0n) is 16.2. The minimum atomic E-state index is -0.336. The molecule has 0 saturated carbocycles. The number of carbonyl (C=O) groups excluding carboxylic acids is 2. The first-order chi connectivity index (χ1) is 14.5. The minimum Gasteiger partial charge on any atom is -0.455 e. The first-order valence-electron chi connectivity index (χ1n) is 9.49. The number of hydrazone groups is 1. The van der Waals surface area contributed by atoms with Gasteiger partial charge in [0, 0.05) is 40.1 Å². The van der Waals surface area contributed by atoms with Gasteiger partial charge >= 0.3 is 0 Å². The third-order valence-electron chi connectivity index (χ3n) is 4.85. The molecule has 0 saturated heterocycles. The van der Waals surface area contributed by atoms with Crippen LogP contribution in [0.25, 0.3) is 0 Å². The number of carbonyl (C=O) groups is 2. The lowest BCUT2D eigenvalue weighted by atomic mass is 9.93. The maximum Gasteiger partial charge on any atom is 0.291 e. The number of hydrogen-bond acceptors (Lipinski definition) is 5. The SMILES string of the molecule is Cc1c(C(=O)Nc2ccc(Br)cc2)oc2c1/C(=N/NC(=O)c1cccnc1)CCC2. The summed E-state index contributed by atoms with van der Waals surface area (Å²) in [5.74, 6) is 0.324. The fourth-order valence-electron chi connectivity index (χ4n) is 3.40. The topological polar surface area (TPSA) is 96.6 Å². The second-order valence-corrected chi connectivity index (χ2v) is 7.83. The number of aromatic nitrogens is 1. The van der Waals surface area contributed by atoms with Gasteiger partial charge < -0.3 is 9.73 Å². The molecule has 0 atom stereocenters. The van der Waals surface area contributed by atoms with E-state index in [0.29, 0.717) is 34.7 Å². The van der Waals surface area contributed by atoms with Gasteiger partial charge in [-0.2, -0.15) is 5.10 Å². The number of fused-ring (bicyclic) bond motifs is 1. The second-order valence-electron chi connectivity index (χ2n) is 6.91. The van der Waals surface area contributed by atoms with Crippen LogP contribution in [-0.2, 0) is 6.42 Å². The molecule has 0 radical (unpaired) electrons. The fraction of sp³-hybridized carbons (Fsp3) is 0.182. The van der Waals surface area contributed by atoms with E-state index in [0.717, 1.165) is 22.9 Å². The fourth-order valence-corrected chi connectivity index (χ4v) is 3.66. The molecule has 0 aliphatic heterocycles. The molecular weight excluding hydrogens is 448 g/mol. The molecule has 152 valence electrons. The first-order valence-corrected chi connectivity index (χ1v) is 10.3. The smallest absolute Gasteiger partial charge is 0.291 e. The van der Waals surface area contributed by atoms with Crippen LogP contribution in [0.5, 0.6) is 0 Å². The van der Waals surface area contributed by atoms with E-state index in [1.807, 2.05) is 19.1 Å². The molecule has 0 bridgehead atoms. The molecule has 1 aliphatic rings. The van der Waals surface area contributed by atoms with E-state index in [2.05, 4.69) is 36.8 Å². The Morgan fingerprint density at radius 1 is 1.13 bits per heavy atom. The van der Waals surface area contributed by atoms with Gasteiger partial charge in [-0.15, -0.1) is 0 Å². The maximum absolute atomic E-state index is 12.8. The molecule has 1 aromatic carbocycles. The van der Waals surface area contributed by atoms with E-state index >= 15 is 0 Å². The van der Waals surface area contributed by atoms with Crippen molar-refractivity contribution < 1.29 is 14.0 Å². The summed E-state index contributed by atoms with van der Waals surface area (Å²) in [5, 5.41) is 7.17. The van der Waals surface area contributed by atoms with Crippen LogP contribution in [0.2, 0.25) is 0 Å². The normalized spacial score (nSPS) is 14.3. The number of aryl methyl sites for hydroxylation is 1. The second kappa shape index (κ2) is 8.62. The lowest BCUT2D eigenvalue weighted by Crippen LogP contribution is -2.22. The molecule has 2 heterocycles. The zero-order valence-corrected chi connectivity index (χ0v) is 17.8. The molecule has 0 spiro atoms. The Labute approximate surface area is 181 Å². The lowest BCUT2D eigenvalue weighted by molar-refractivity contribution is 0.0953. The number of pyridine rings is 1. The van der Waals surface area contributed by atoms with Gasteiger partial charge in [0.25, 0.3) is 11.8 Å². The van der Waals surface area contributed by atoms with Gasteiger partial charge in [-0.1, -0.05) is 15.9 Å². The summed E-state index contributed by atoms with van der Waals surface area (Å²) in [6.07, 6.45) is 5.32. The van der Waals surface area contributed by atoms with Crippen LogP contribution in [0.1, 0.15) is 50.6 Å². The van der Waals surface area contributed by atoms with Crippen LogP contribution in [0.15, 0.2) is 62.8 Å². The third kappa shape index (κ3) is 4.18. The minimum absolute atomic E-state index is 0.260. The van der Waals surface area contributed by atoms with Crippen molar-refractivity contribution in [1.29, 1.82) is 0 Å². The van der Waals surface area contributed by atoms with Gasteiger partial charge in [0.05, 0.1) is 11.3 Å². The summed E-state index contributed by atoms with van der Waals surface area (Å²) in [6, 6.07) is 10.7. The third-order valence-corrected chi connectivity index (χ3v) is 5.38. The van der Waals surface area contributed by atoms with Crippen LogP contribution in [0, 0.1) is 6.92 Å². The van der Waals surface area contributed by atoms with Crippen molar-refractivity contribution in [2.75, 3.05) is 5.32 Å². The molecule has 8 heteroatoms. The van der Waals surface area contributed by atoms with Crippen LogP contribution >= 0.6 is 15.9 Å². The summed E-state index contributed by atoms with van der Waals surface area (Å²) in [6.45, 7) is 1.84. The molecule has 0 unspecified atom stereocenters. The highest BCUT2D eigenvalue weighted by Crippen LogP contribution is 2.30. The number of hydrogen-bond donors (Lipinski definition) is 2. The highest BCUT2D eigenvalue weighted by molar-refractivity contribution is 9.10. The average Bonchev–Trinajstić information content (AvgIpc) is 3.11. The van der Waals surface area contributed by atoms with E-state index in [1.54, 1.807) is 30.5 Å². The van der Waals surface area contributed by atoms with E-state index < -0.39 is 0 Å². The van der Waals surface area contributed by atoms with Crippen molar-refractivity contribution in [2.24, 2.45) is 5.10 Å². The summed E-state index contributed by atoms with van der Waals surface area (Å²) < 4.78 is 6.82. The Hall–Kier alpha value is -3.26. The first kappa shape index (κ1) is 20.0. The summed E-state index contributed by atoms with van der Waals surface area (Å²) in [7, 11) is 0. The Morgan fingerprint density at radius 2 is 1.93 bits per heavy atom. The Kier molecular flexibility index (Phi) is 5.76. The highest BCUT2D eigenvalue weighted by atomic mass is 79.9. The molecule has 3 aromatic rings. The molecule has 4 rings (SSSR count). The molecule has 2 aromatic heterocycles. The number of anilines is 1. The van der Waals surface area contributed by atoms with E-state index in [4.69, 9.17) is 4.42 Å². The number of furan rings is 1. The van der Waals surface area contributed by atoms with Gasteiger partial charge in [0.1, 0.15) is 5.76 Å². The van der Waals surface area contributed by atoms with E-state index in [-0.39, 0.29) is 17.6 Å². The standard InChI is InChI=1S/C22H19BrN4O3/c1-13-19-17(26-27-21(28)14-4-3-11-24-12-14)5-2-6-18(19)30-20(13)22(29)25-16-9-7-15(23)8-10-16/h3-4,7-12H,2,5-6H2,1H3,(H,25,29)(H,27,28)/b26-17+. The van der Waals surface area contributed by atoms with Crippen molar-refractivity contribution in [3.8, 4) is 0 Å². The largest absolute Gasteiger partial charge is 0.455 e. The summed E-state index contributed by atoms with van der Waals surface area (Å²) >= 11 is 3.38. The number of nitrogens with zero attached hydrogens (tertiary/aromatic N) is 2. The van der Waals surface area contributed by atoms with Gasteiger partial charge in [0.2, 0.25) is 0 Å². The number of amides is 2. The van der Waals surface area contributed by atoms with Crippen LogP contribution in [-0.4, -0.2) is 22.5 Å². The van der Waals surface area contributed by atoms with Gasteiger partial charge in [-0.05, 0) is 56.2 Å². The van der Waals surface area contributed by atoms with Crippen molar-refractivity contribution in [1.82, 2.24) is 10.4 Å². The average molecular weight is 467 g/mol. The predicted octanol–water partition coefficient (Wildman–Crippen LogP) is 4.47. The zero-order chi connectivity index (χ0) is 21.1. The molecule has 1 aliphatic carbocycles. The lowest BCUT2D eigenvalue weighted by Gasteiger charge is -2.13. The molecular formula is C22H19BrN4O3. The van der Waals surface area contributed by atoms with Crippen LogP contribution in [0.3, 0.4) is 0 Å². The maximum atomic E-state index is 12.8. The van der Waals surface area contributed by atoms with Gasteiger partial charge in [0.15, 0.2) is 5.76 Å². The summed E-state index contributed by atoms with van der Waals surface area (Å²) in [5.41, 5.74) is 5.91. The number of rotatable bonds is 4. The Morgan fingerprint density at radius 3 is 2.67 bits per heavy atom. The molecule has 2 amide bonds. The van der Waals surface area contributed by atoms with E-state index in [9.17, 15) is 9.59 Å². The van der Waals surface area contributed by atoms with Gasteiger partial charge in [-0.3, -0.25) is 14.6 Å². The van der Waals surface area contributed by atoms with E-state index in [1.165, 1.54) is 6.20 Å². The van der Waals surface area contributed by atoms with Crippen molar-refractivity contribution in [2.45, 2.75) is 26.2 Å². The van der Waals surface area contributed by atoms with Crippen molar-refractivity contribution in [3.05, 3.63) is 81.5 Å².